The van der Waals surface area contributed by atoms with Crippen molar-refractivity contribution in [2.75, 3.05) is 39.4 Å². The Bertz CT molecular complexity index is 447. The minimum Gasteiger partial charge on any atom is -0.481 e. The Morgan fingerprint density at radius 2 is 2.05 bits per heavy atom. The lowest BCUT2D eigenvalue weighted by Crippen LogP contribution is -2.43. The molecule has 0 radical (unpaired) electrons. The van der Waals surface area contributed by atoms with Crippen LogP contribution >= 0.6 is 11.6 Å². The van der Waals surface area contributed by atoms with Crippen molar-refractivity contribution in [1.29, 1.82) is 0 Å². The number of nitrogens with zero attached hydrogens (tertiary/aromatic N) is 1. The predicted molar refractivity (Wildman–Crippen MR) is 81.8 cm³/mol. The Kier molecular flexibility index (Phi) is 6.29. The average molecular weight is 313 g/mol. The number of amides is 1. The van der Waals surface area contributed by atoms with Crippen LogP contribution in [0.3, 0.4) is 0 Å². The van der Waals surface area contributed by atoms with Crippen molar-refractivity contribution in [1.82, 2.24) is 10.2 Å². The highest BCUT2D eigenvalue weighted by Crippen LogP contribution is 2.16. The van der Waals surface area contributed by atoms with E-state index in [0.717, 1.165) is 32.8 Å². The highest BCUT2D eigenvalue weighted by Gasteiger charge is 2.15. The Balaban J connectivity index is 1.68. The Morgan fingerprint density at radius 1 is 1.38 bits per heavy atom. The number of rotatable bonds is 6. The van der Waals surface area contributed by atoms with Gasteiger partial charge in [0, 0.05) is 31.2 Å². The van der Waals surface area contributed by atoms with Gasteiger partial charge in [0.25, 0.3) is 5.91 Å². The van der Waals surface area contributed by atoms with Gasteiger partial charge in [0.2, 0.25) is 0 Å². The van der Waals surface area contributed by atoms with Gasteiger partial charge in [0.15, 0.2) is 6.10 Å². The van der Waals surface area contributed by atoms with Gasteiger partial charge in [0.05, 0.1) is 13.2 Å². The monoisotopic (exact) mass is 312 g/mol. The van der Waals surface area contributed by atoms with Crippen molar-refractivity contribution in [2.45, 2.75) is 13.0 Å². The number of halogens is 1. The molecule has 1 aliphatic rings. The van der Waals surface area contributed by atoms with Crippen LogP contribution in [0, 0.1) is 0 Å². The average Bonchev–Trinajstić information content (AvgIpc) is 2.50. The van der Waals surface area contributed by atoms with E-state index in [1.807, 2.05) is 0 Å². The summed E-state index contributed by atoms with van der Waals surface area (Å²) in [6.45, 7) is 6.57. The molecule has 2 rings (SSSR count). The van der Waals surface area contributed by atoms with Crippen LogP contribution in [0.25, 0.3) is 0 Å². The van der Waals surface area contributed by atoms with E-state index in [-0.39, 0.29) is 5.91 Å². The zero-order chi connectivity index (χ0) is 15.1. The van der Waals surface area contributed by atoms with Crippen molar-refractivity contribution < 1.29 is 14.3 Å². The second kappa shape index (κ2) is 8.22. The number of morpholine rings is 1. The summed E-state index contributed by atoms with van der Waals surface area (Å²) in [6.07, 6.45) is -0.532. The first-order valence-corrected chi connectivity index (χ1v) is 7.53. The number of benzene rings is 1. The molecule has 0 saturated carbocycles. The summed E-state index contributed by atoms with van der Waals surface area (Å²) < 4.78 is 10.9. The van der Waals surface area contributed by atoms with Gasteiger partial charge < -0.3 is 14.8 Å². The number of hydrogen-bond donors (Lipinski definition) is 1. The second-order valence-corrected chi connectivity index (χ2v) is 5.40. The van der Waals surface area contributed by atoms with Gasteiger partial charge in [0.1, 0.15) is 5.75 Å². The van der Waals surface area contributed by atoms with Crippen molar-refractivity contribution in [3.63, 3.8) is 0 Å². The van der Waals surface area contributed by atoms with Crippen LogP contribution in [0.2, 0.25) is 5.02 Å². The number of carbonyl (C=O) groups excluding carboxylic acids is 1. The fraction of sp³-hybridized carbons (Fsp3) is 0.533. The van der Waals surface area contributed by atoms with E-state index >= 15 is 0 Å². The summed E-state index contributed by atoms with van der Waals surface area (Å²) in [5.41, 5.74) is 0. The van der Waals surface area contributed by atoms with Crippen LogP contribution in [-0.4, -0.2) is 56.3 Å². The van der Waals surface area contributed by atoms with Crippen LogP contribution in [0.1, 0.15) is 6.92 Å². The maximum Gasteiger partial charge on any atom is 0.260 e. The van der Waals surface area contributed by atoms with E-state index in [4.69, 9.17) is 21.1 Å². The Morgan fingerprint density at radius 3 is 2.71 bits per heavy atom. The largest absolute Gasteiger partial charge is 0.481 e. The molecule has 1 aliphatic heterocycles. The smallest absolute Gasteiger partial charge is 0.260 e. The minimum absolute atomic E-state index is 0.113. The van der Waals surface area contributed by atoms with Gasteiger partial charge in [-0.2, -0.15) is 0 Å². The van der Waals surface area contributed by atoms with Crippen LogP contribution < -0.4 is 10.1 Å². The number of ether oxygens (including phenoxy) is 2. The highest BCUT2D eigenvalue weighted by atomic mass is 35.5. The quantitative estimate of drug-likeness (QED) is 0.866. The van der Waals surface area contributed by atoms with E-state index < -0.39 is 6.10 Å². The second-order valence-electron chi connectivity index (χ2n) is 4.96. The molecule has 1 atom stereocenters. The summed E-state index contributed by atoms with van der Waals surface area (Å²) in [7, 11) is 0. The van der Waals surface area contributed by atoms with Gasteiger partial charge in [-0.25, -0.2) is 0 Å². The zero-order valence-electron chi connectivity index (χ0n) is 12.2. The molecule has 116 valence electrons. The SMILES string of the molecule is C[C@H](Oc1ccc(Cl)cc1)C(=O)NCCN1CCOCC1. The lowest BCUT2D eigenvalue weighted by molar-refractivity contribution is -0.127. The first-order valence-electron chi connectivity index (χ1n) is 7.15. The molecule has 5 nitrogen and oxygen atoms in total. The molecule has 0 aliphatic carbocycles. The molecule has 0 unspecified atom stereocenters. The number of nitrogens with one attached hydrogen (secondary N) is 1. The van der Waals surface area contributed by atoms with Gasteiger partial charge in [-0.05, 0) is 31.2 Å². The molecule has 1 heterocycles. The normalized spacial score (nSPS) is 17.2. The lowest BCUT2D eigenvalue weighted by atomic mass is 10.3. The van der Waals surface area contributed by atoms with Crippen molar-refractivity contribution in [3.05, 3.63) is 29.3 Å². The van der Waals surface area contributed by atoms with Crippen LogP contribution in [-0.2, 0) is 9.53 Å². The molecule has 6 heteroatoms. The molecule has 0 aromatic heterocycles. The fourth-order valence-electron chi connectivity index (χ4n) is 2.08. The number of carbonyl (C=O) groups is 1. The molecule has 0 spiro atoms. The molecule has 1 aromatic rings. The standard InChI is InChI=1S/C15H21ClN2O3/c1-12(21-14-4-2-13(16)3-5-14)15(19)17-6-7-18-8-10-20-11-9-18/h2-5,12H,6-11H2,1H3,(H,17,19)/t12-/m0/s1. The predicted octanol–water partition coefficient (Wildman–Crippen LogP) is 1.56. The molecule has 1 aromatic carbocycles. The maximum absolute atomic E-state index is 12.0. The van der Waals surface area contributed by atoms with Crippen molar-refractivity contribution >= 4 is 17.5 Å². The Labute approximate surface area is 130 Å². The Hall–Kier alpha value is -1.30. The van der Waals surface area contributed by atoms with E-state index in [2.05, 4.69) is 10.2 Å². The first-order chi connectivity index (χ1) is 10.1. The van der Waals surface area contributed by atoms with Crippen LogP contribution in [0.15, 0.2) is 24.3 Å². The third-order valence-electron chi connectivity index (χ3n) is 3.33. The molecule has 21 heavy (non-hydrogen) atoms. The molecule has 0 bridgehead atoms. The van der Waals surface area contributed by atoms with Gasteiger partial charge >= 0.3 is 0 Å². The summed E-state index contributed by atoms with van der Waals surface area (Å²) in [6, 6.07) is 6.97. The van der Waals surface area contributed by atoms with Crippen LogP contribution in [0.5, 0.6) is 5.75 Å². The fourth-order valence-corrected chi connectivity index (χ4v) is 2.20. The maximum atomic E-state index is 12.0. The van der Waals surface area contributed by atoms with Gasteiger partial charge in [-0.15, -0.1) is 0 Å². The first kappa shape index (κ1) is 16.1. The van der Waals surface area contributed by atoms with Gasteiger partial charge in [-0.3, -0.25) is 9.69 Å². The van der Waals surface area contributed by atoms with Crippen LogP contribution in [0.4, 0.5) is 0 Å². The van der Waals surface area contributed by atoms with E-state index in [1.165, 1.54) is 0 Å². The van der Waals surface area contributed by atoms with E-state index in [1.54, 1.807) is 31.2 Å². The van der Waals surface area contributed by atoms with Crippen molar-refractivity contribution in [3.8, 4) is 5.75 Å². The highest BCUT2D eigenvalue weighted by molar-refractivity contribution is 6.30. The number of hydrogen-bond acceptors (Lipinski definition) is 4. The molecule has 1 amide bonds. The van der Waals surface area contributed by atoms with Crippen molar-refractivity contribution in [2.24, 2.45) is 0 Å². The molecule has 1 N–H and O–H groups in total. The summed E-state index contributed by atoms with van der Waals surface area (Å²) >= 11 is 5.80. The van der Waals surface area contributed by atoms with Gasteiger partial charge in [-0.1, -0.05) is 11.6 Å². The third kappa shape index (κ3) is 5.53. The van der Waals surface area contributed by atoms with E-state index in [0.29, 0.717) is 17.3 Å². The molecule has 1 saturated heterocycles. The summed E-state index contributed by atoms with van der Waals surface area (Å²) in [5.74, 6) is 0.522. The summed E-state index contributed by atoms with van der Waals surface area (Å²) in [5, 5.41) is 3.53. The molecular formula is C15H21ClN2O3. The lowest BCUT2D eigenvalue weighted by Gasteiger charge is -2.26. The third-order valence-corrected chi connectivity index (χ3v) is 3.58. The minimum atomic E-state index is -0.532. The topological polar surface area (TPSA) is 50.8 Å². The molecular weight excluding hydrogens is 292 g/mol. The molecule has 1 fully saturated rings. The van der Waals surface area contributed by atoms with E-state index in [9.17, 15) is 4.79 Å². The summed E-state index contributed by atoms with van der Waals surface area (Å²) in [4.78, 5) is 14.2. The zero-order valence-corrected chi connectivity index (χ0v) is 12.9.